The summed E-state index contributed by atoms with van der Waals surface area (Å²) in [6, 6.07) is 8.98. The number of rotatable bonds is 3. The van der Waals surface area contributed by atoms with Crippen LogP contribution in [0.3, 0.4) is 0 Å². The summed E-state index contributed by atoms with van der Waals surface area (Å²) in [5.41, 5.74) is 2.91. The summed E-state index contributed by atoms with van der Waals surface area (Å²) in [7, 11) is 0. The van der Waals surface area contributed by atoms with Gasteiger partial charge in [0.05, 0.1) is 6.10 Å². The highest BCUT2D eigenvalue weighted by atomic mass is 16.3. The van der Waals surface area contributed by atoms with Crippen LogP contribution < -0.4 is 4.90 Å². The van der Waals surface area contributed by atoms with Crippen molar-refractivity contribution in [3.05, 3.63) is 29.8 Å². The predicted molar refractivity (Wildman–Crippen MR) is 85.5 cm³/mol. The first kappa shape index (κ1) is 15.3. The third-order valence-electron chi connectivity index (χ3n) is 3.99. The maximum absolute atomic E-state index is 9.44. The second-order valence-corrected chi connectivity index (χ2v) is 6.93. The summed E-state index contributed by atoms with van der Waals surface area (Å²) < 4.78 is 0. The highest BCUT2D eigenvalue weighted by Crippen LogP contribution is 2.25. The van der Waals surface area contributed by atoms with Crippen molar-refractivity contribution in [3.8, 4) is 0 Å². The molecule has 1 aromatic carbocycles. The van der Waals surface area contributed by atoms with Crippen molar-refractivity contribution in [2.24, 2.45) is 0 Å². The molecule has 3 nitrogen and oxygen atoms in total. The van der Waals surface area contributed by atoms with Gasteiger partial charge in [-0.25, -0.2) is 0 Å². The van der Waals surface area contributed by atoms with E-state index < -0.39 is 0 Å². The molecule has 0 aliphatic carbocycles. The molecule has 0 spiro atoms. The van der Waals surface area contributed by atoms with E-state index in [0.717, 1.165) is 32.7 Å². The van der Waals surface area contributed by atoms with Crippen LogP contribution in [-0.4, -0.2) is 48.8 Å². The van der Waals surface area contributed by atoms with E-state index in [1.807, 2.05) is 6.92 Å². The van der Waals surface area contributed by atoms with Gasteiger partial charge in [0.2, 0.25) is 0 Å². The maximum atomic E-state index is 9.44. The van der Waals surface area contributed by atoms with Gasteiger partial charge in [-0.2, -0.15) is 0 Å². The summed E-state index contributed by atoms with van der Waals surface area (Å²) in [5, 5.41) is 9.44. The van der Waals surface area contributed by atoms with Crippen LogP contribution in [0.4, 0.5) is 5.69 Å². The van der Waals surface area contributed by atoms with Crippen LogP contribution >= 0.6 is 0 Å². The van der Waals surface area contributed by atoms with Crippen LogP contribution in [0.25, 0.3) is 0 Å². The Labute approximate surface area is 123 Å². The largest absolute Gasteiger partial charge is 0.392 e. The predicted octanol–water partition coefficient (Wildman–Crippen LogP) is 2.49. The van der Waals surface area contributed by atoms with E-state index in [1.165, 1.54) is 11.3 Å². The molecule has 1 saturated heterocycles. The molecule has 1 N–H and O–H groups in total. The van der Waals surface area contributed by atoms with E-state index in [4.69, 9.17) is 0 Å². The van der Waals surface area contributed by atoms with Gasteiger partial charge in [0.15, 0.2) is 0 Å². The average Bonchev–Trinajstić information content (AvgIpc) is 2.38. The van der Waals surface area contributed by atoms with Gasteiger partial charge >= 0.3 is 0 Å². The molecule has 0 aromatic heterocycles. The molecular formula is C17H28N2O. The molecule has 1 aromatic rings. The number of benzene rings is 1. The molecule has 3 heteroatoms. The summed E-state index contributed by atoms with van der Waals surface area (Å²) in [6.45, 7) is 13.5. The summed E-state index contributed by atoms with van der Waals surface area (Å²) >= 11 is 0. The zero-order valence-corrected chi connectivity index (χ0v) is 13.3. The van der Waals surface area contributed by atoms with Crippen molar-refractivity contribution in [2.75, 3.05) is 37.6 Å². The van der Waals surface area contributed by atoms with Gasteiger partial charge in [-0.3, -0.25) is 4.90 Å². The molecule has 1 atom stereocenters. The Morgan fingerprint density at radius 3 is 2.05 bits per heavy atom. The number of anilines is 1. The van der Waals surface area contributed by atoms with E-state index in [0.29, 0.717) is 0 Å². The number of aliphatic hydroxyl groups is 1. The van der Waals surface area contributed by atoms with Crippen molar-refractivity contribution >= 4 is 5.69 Å². The molecule has 1 aliphatic heterocycles. The lowest BCUT2D eigenvalue weighted by atomic mass is 9.87. The van der Waals surface area contributed by atoms with Gasteiger partial charge in [0.25, 0.3) is 0 Å². The molecule has 1 heterocycles. The normalized spacial score (nSPS) is 19.1. The highest BCUT2D eigenvalue weighted by Gasteiger charge is 2.19. The number of β-amino-alcohol motifs (C(OH)–C–C–N with tert-alkyl or cyclic N) is 1. The second kappa shape index (κ2) is 6.15. The minimum Gasteiger partial charge on any atom is -0.392 e. The smallest absolute Gasteiger partial charge is 0.0639 e. The number of nitrogens with zero attached hydrogens (tertiary/aromatic N) is 2. The number of piperazine rings is 1. The van der Waals surface area contributed by atoms with Gasteiger partial charge < -0.3 is 10.0 Å². The fourth-order valence-corrected chi connectivity index (χ4v) is 2.73. The maximum Gasteiger partial charge on any atom is 0.0639 e. The zero-order chi connectivity index (χ0) is 14.8. The molecule has 20 heavy (non-hydrogen) atoms. The van der Waals surface area contributed by atoms with Gasteiger partial charge in [-0.15, -0.1) is 0 Å². The minimum atomic E-state index is -0.229. The van der Waals surface area contributed by atoms with Crippen molar-refractivity contribution < 1.29 is 5.11 Å². The Morgan fingerprint density at radius 1 is 1.05 bits per heavy atom. The van der Waals surface area contributed by atoms with Crippen LogP contribution in [-0.2, 0) is 5.41 Å². The first-order valence-corrected chi connectivity index (χ1v) is 7.62. The van der Waals surface area contributed by atoms with E-state index >= 15 is 0 Å². The molecular weight excluding hydrogens is 248 g/mol. The fourth-order valence-electron chi connectivity index (χ4n) is 2.73. The Kier molecular flexibility index (Phi) is 4.71. The average molecular weight is 276 g/mol. The van der Waals surface area contributed by atoms with Gasteiger partial charge in [0, 0.05) is 38.4 Å². The first-order valence-electron chi connectivity index (χ1n) is 7.62. The van der Waals surface area contributed by atoms with Crippen molar-refractivity contribution in [1.29, 1.82) is 0 Å². The van der Waals surface area contributed by atoms with Gasteiger partial charge in [0.1, 0.15) is 0 Å². The Hall–Kier alpha value is -1.06. The quantitative estimate of drug-likeness (QED) is 0.919. The standard InChI is InChI=1S/C17H28N2O/c1-14(20)13-18-9-11-19(12-10-18)16-7-5-15(6-8-16)17(2,3)4/h5-8,14,20H,9-13H2,1-4H3. The fraction of sp³-hybridized carbons (Fsp3) is 0.647. The third kappa shape index (κ3) is 3.97. The lowest BCUT2D eigenvalue weighted by molar-refractivity contribution is 0.123. The minimum absolute atomic E-state index is 0.217. The topological polar surface area (TPSA) is 26.7 Å². The van der Waals surface area contributed by atoms with Crippen molar-refractivity contribution in [2.45, 2.75) is 39.2 Å². The van der Waals surface area contributed by atoms with Gasteiger partial charge in [-0.05, 0) is 30.0 Å². The van der Waals surface area contributed by atoms with E-state index in [2.05, 4.69) is 54.8 Å². The lowest BCUT2D eigenvalue weighted by Gasteiger charge is -2.36. The van der Waals surface area contributed by atoms with Crippen LogP contribution in [0.5, 0.6) is 0 Å². The highest BCUT2D eigenvalue weighted by molar-refractivity contribution is 5.49. The Bertz CT molecular complexity index is 412. The van der Waals surface area contributed by atoms with E-state index in [-0.39, 0.29) is 11.5 Å². The summed E-state index contributed by atoms with van der Waals surface area (Å²) in [6.07, 6.45) is -0.229. The van der Waals surface area contributed by atoms with Crippen LogP contribution in [0.15, 0.2) is 24.3 Å². The molecule has 0 amide bonds. The molecule has 1 aliphatic rings. The zero-order valence-electron chi connectivity index (χ0n) is 13.3. The SMILES string of the molecule is CC(O)CN1CCN(c2ccc(C(C)(C)C)cc2)CC1. The molecule has 0 saturated carbocycles. The summed E-state index contributed by atoms with van der Waals surface area (Å²) in [5.74, 6) is 0. The second-order valence-electron chi connectivity index (χ2n) is 6.93. The molecule has 1 unspecified atom stereocenters. The molecule has 1 fully saturated rings. The van der Waals surface area contributed by atoms with Gasteiger partial charge in [-0.1, -0.05) is 32.9 Å². The Morgan fingerprint density at radius 2 is 1.60 bits per heavy atom. The van der Waals surface area contributed by atoms with E-state index in [9.17, 15) is 5.11 Å². The lowest BCUT2D eigenvalue weighted by Crippen LogP contribution is -2.48. The molecule has 2 rings (SSSR count). The Balaban J connectivity index is 1.94. The summed E-state index contributed by atoms with van der Waals surface area (Å²) in [4.78, 5) is 4.77. The number of hydrogen-bond donors (Lipinski definition) is 1. The molecule has 0 bridgehead atoms. The van der Waals surface area contributed by atoms with E-state index in [1.54, 1.807) is 0 Å². The number of aliphatic hydroxyl groups excluding tert-OH is 1. The third-order valence-corrected chi connectivity index (χ3v) is 3.99. The van der Waals surface area contributed by atoms with Crippen molar-refractivity contribution in [1.82, 2.24) is 4.90 Å². The molecule has 0 radical (unpaired) electrons. The number of hydrogen-bond acceptors (Lipinski definition) is 3. The van der Waals surface area contributed by atoms with Crippen molar-refractivity contribution in [3.63, 3.8) is 0 Å². The molecule has 112 valence electrons. The first-order chi connectivity index (χ1) is 9.36. The van der Waals surface area contributed by atoms with Crippen LogP contribution in [0, 0.1) is 0 Å². The van der Waals surface area contributed by atoms with Crippen LogP contribution in [0.1, 0.15) is 33.3 Å². The monoisotopic (exact) mass is 276 g/mol. The van der Waals surface area contributed by atoms with Crippen LogP contribution in [0.2, 0.25) is 0 Å².